The van der Waals surface area contributed by atoms with Gasteiger partial charge in [-0.15, -0.1) is 0 Å². The van der Waals surface area contributed by atoms with Gasteiger partial charge in [-0.25, -0.2) is 0 Å². The zero-order valence-electron chi connectivity index (χ0n) is 30.8. The lowest BCUT2D eigenvalue weighted by Gasteiger charge is -2.31. The first kappa shape index (κ1) is 33.0. The van der Waals surface area contributed by atoms with Gasteiger partial charge in [0.15, 0.2) is 0 Å². The SMILES string of the molecule is c1ccc([Si](c2cc(-c3cccc(-n4c5ccccc5c5ccccc54)c3)cc(-c3cccc4c3oc3ccccc34)c2)(c2ccccn2)c2ccccn2)nc1. The largest absolute Gasteiger partial charge is 0.455 e. The van der Waals surface area contributed by atoms with Crippen molar-refractivity contribution in [3.8, 4) is 27.9 Å². The highest BCUT2D eigenvalue weighted by Gasteiger charge is 2.46. The summed E-state index contributed by atoms with van der Waals surface area (Å²) in [6, 6.07) is 66.5. The topological polar surface area (TPSA) is 56.7 Å². The Hall–Kier alpha value is -7.41. The molecule has 0 aliphatic rings. The van der Waals surface area contributed by atoms with E-state index in [4.69, 9.17) is 19.4 Å². The van der Waals surface area contributed by atoms with Crippen molar-refractivity contribution in [1.82, 2.24) is 19.5 Å². The van der Waals surface area contributed by atoms with Crippen LogP contribution < -0.4 is 21.1 Å². The Balaban J connectivity index is 1.23. The summed E-state index contributed by atoms with van der Waals surface area (Å²) in [6.07, 6.45) is 5.66. The lowest BCUT2D eigenvalue weighted by molar-refractivity contribution is 0.670. The average molecular weight is 747 g/mol. The third kappa shape index (κ3) is 5.26. The molecule has 11 rings (SSSR count). The summed E-state index contributed by atoms with van der Waals surface area (Å²) in [6.45, 7) is 0. The second kappa shape index (κ2) is 13.4. The van der Waals surface area contributed by atoms with Crippen LogP contribution in [0.15, 0.2) is 211 Å². The first-order valence-electron chi connectivity index (χ1n) is 19.2. The zero-order valence-corrected chi connectivity index (χ0v) is 31.8. The number of pyridine rings is 3. The highest BCUT2D eigenvalue weighted by atomic mass is 28.3. The van der Waals surface area contributed by atoms with Gasteiger partial charge in [-0.05, 0) is 94.7 Å². The van der Waals surface area contributed by atoms with Crippen molar-refractivity contribution < 1.29 is 4.42 Å². The Labute approximate surface area is 330 Å². The Kier molecular flexibility index (Phi) is 7.76. The Morgan fingerprint density at radius 3 is 1.58 bits per heavy atom. The van der Waals surface area contributed by atoms with E-state index >= 15 is 0 Å². The number of hydrogen-bond donors (Lipinski definition) is 0. The Morgan fingerprint density at radius 2 is 0.947 bits per heavy atom. The molecule has 0 amide bonds. The third-order valence-corrected chi connectivity index (χ3v) is 15.6. The first-order valence-corrected chi connectivity index (χ1v) is 21.2. The fourth-order valence-electron chi connectivity index (χ4n) is 8.76. The van der Waals surface area contributed by atoms with Crippen LogP contribution >= 0.6 is 0 Å². The van der Waals surface area contributed by atoms with Crippen molar-refractivity contribution in [2.24, 2.45) is 0 Å². The maximum Gasteiger partial charge on any atom is 0.243 e. The monoisotopic (exact) mass is 746 g/mol. The van der Waals surface area contributed by atoms with E-state index < -0.39 is 8.07 Å². The van der Waals surface area contributed by atoms with Gasteiger partial charge in [0, 0.05) is 67.3 Å². The van der Waals surface area contributed by atoms with Gasteiger partial charge in [0.2, 0.25) is 8.07 Å². The summed E-state index contributed by atoms with van der Waals surface area (Å²) < 4.78 is 9.06. The zero-order chi connectivity index (χ0) is 37.8. The summed E-state index contributed by atoms with van der Waals surface area (Å²) in [5, 5.41) is 8.68. The van der Waals surface area contributed by atoms with Crippen LogP contribution in [0.25, 0.3) is 71.7 Å². The van der Waals surface area contributed by atoms with Gasteiger partial charge in [0.05, 0.1) is 11.0 Å². The van der Waals surface area contributed by atoms with Crippen molar-refractivity contribution in [2.45, 2.75) is 0 Å². The second-order valence-corrected chi connectivity index (χ2v) is 18.0. The van der Waals surface area contributed by atoms with Gasteiger partial charge >= 0.3 is 0 Å². The average Bonchev–Trinajstić information content (AvgIpc) is 3.84. The van der Waals surface area contributed by atoms with Gasteiger partial charge in [-0.3, -0.25) is 15.0 Å². The maximum atomic E-state index is 6.68. The summed E-state index contributed by atoms with van der Waals surface area (Å²) >= 11 is 0. The minimum absolute atomic E-state index is 0.863. The smallest absolute Gasteiger partial charge is 0.243 e. The van der Waals surface area contributed by atoms with Crippen LogP contribution in [-0.2, 0) is 0 Å². The molecule has 0 N–H and O–H groups in total. The second-order valence-electron chi connectivity index (χ2n) is 14.4. The van der Waals surface area contributed by atoms with Gasteiger partial charge in [-0.1, -0.05) is 115 Å². The lowest BCUT2D eigenvalue weighted by Crippen LogP contribution is -2.77. The molecule has 0 saturated heterocycles. The molecule has 6 aromatic carbocycles. The normalized spacial score (nSPS) is 11.9. The molecule has 0 spiro atoms. The molecule has 0 aliphatic carbocycles. The molecule has 6 heteroatoms. The van der Waals surface area contributed by atoms with Crippen molar-refractivity contribution in [3.63, 3.8) is 0 Å². The van der Waals surface area contributed by atoms with E-state index in [-0.39, 0.29) is 0 Å². The van der Waals surface area contributed by atoms with Gasteiger partial charge in [0.25, 0.3) is 0 Å². The minimum atomic E-state index is -3.24. The molecule has 5 aromatic heterocycles. The highest BCUT2D eigenvalue weighted by molar-refractivity contribution is 7.18. The molecule has 5 heterocycles. The number of aromatic nitrogens is 4. The van der Waals surface area contributed by atoms with E-state index in [9.17, 15) is 0 Å². The molecule has 0 unspecified atom stereocenters. The van der Waals surface area contributed by atoms with Crippen LogP contribution in [0.2, 0.25) is 0 Å². The van der Waals surface area contributed by atoms with E-state index in [1.165, 1.54) is 21.8 Å². The Bertz CT molecular complexity index is 3100. The predicted molar refractivity (Wildman–Crippen MR) is 236 cm³/mol. The third-order valence-electron chi connectivity index (χ3n) is 11.2. The van der Waals surface area contributed by atoms with Crippen LogP contribution in [0, 0.1) is 0 Å². The molecule has 268 valence electrons. The summed E-state index contributed by atoms with van der Waals surface area (Å²) in [4.78, 5) is 15.4. The van der Waals surface area contributed by atoms with Crippen molar-refractivity contribution in [2.75, 3.05) is 0 Å². The van der Waals surface area contributed by atoms with Crippen LogP contribution in [0.5, 0.6) is 0 Å². The number of fused-ring (bicyclic) bond motifs is 6. The molecule has 0 saturated carbocycles. The minimum Gasteiger partial charge on any atom is -0.455 e. The van der Waals surface area contributed by atoms with Gasteiger partial charge in [-0.2, -0.15) is 0 Å². The molecule has 5 nitrogen and oxygen atoms in total. The molecule has 11 aromatic rings. The fourth-order valence-corrected chi connectivity index (χ4v) is 13.0. The van der Waals surface area contributed by atoms with Crippen LogP contribution in [0.4, 0.5) is 0 Å². The molecular weight excluding hydrogens is 713 g/mol. The molecule has 0 atom stereocenters. The summed E-state index contributed by atoms with van der Waals surface area (Å²) in [7, 11) is -3.24. The first-order chi connectivity index (χ1) is 28.3. The van der Waals surface area contributed by atoms with E-state index in [0.29, 0.717) is 0 Å². The highest BCUT2D eigenvalue weighted by Crippen LogP contribution is 2.38. The van der Waals surface area contributed by atoms with Crippen LogP contribution in [0.3, 0.4) is 0 Å². The van der Waals surface area contributed by atoms with E-state index in [1.54, 1.807) is 0 Å². The van der Waals surface area contributed by atoms with E-state index in [0.717, 1.165) is 71.0 Å². The number of nitrogens with zero attached hydrogens (tertiary/aromatic N) is 4. The lowest BCUT2D eigenvalue weighted by atomic mass is 9.97. The summed E-state index contributed by atoms with van der Waals surface area (Å²) in [5.41, 5.74) is 9.43. The molecule has 0 bridgehead atoms. The Morgan fingerprint density at radius 1 is 0.404 bits per heavy atom. The van der Waals surface area contributed by atoms with Crippen LogP contribution in [0.1, 0.15) is 0 Å². The van der Waals surface area contributed by atoms with Gasteiger partial charge < -0.3 is 8.98 Å². The van der Waals surface area contributed by atoms with Gasteiger partial charge in [0.1, 0.15) is 11.2 Å². The molecule has 0 fully saturated rings. The van der Waals surface area contributed by atoms with Crippen molar-refractivity contribution in [3.05, 3.63) is 207 Å². The molecular formula is C51H34N4OSi. The summed E-state index contributed by atoms with van der Waals surface area (Å²) in [5.74, 6) is 0. The number of hydrogen-bond acceptors (Lipinski definition) is 4. The van der Waals surface area contributed by atoms with Crippen molar-refractivity contribution >= 4 is 73.0 Å². The standard InChI is InChI=1S/C51H34N4OSi/c1-4-22-45-41(17-1)42-18-2-5-23-46(42)55(45)38-16-13-15-35(32-38)36-31-37(40-20-14-21-44-43-19-3-6-24-47(43)56-51(40)44)34-39(33-36)57(48-25-7-10-28-52-48,49-26-8-11-29-53-49)50-27-9-12-30-54-50/h1-34H. The quantitative estimate of drug-likeness (QED) is 0.153. The van der Waals surface area contributed by atoms with E-state index in [2.05, 4.69) is 162 Å². The number of rotatable bonds is 7. The number of para-hydroxylation sites is 4. The number of furan rings is 1. The molecule has 0 radical (unpaired) electrons. The molecule has 0 aliphatic heterocycles. The fraction of sp³-hybridized carbons (Fsp3) is 0. The number of benzene rings is 6. The van der Waals surface area contributed by atoms with Crippen molar-refractivity contribution in [1.29, 1.82) is 0 Å². The van der Waals surface area contributed by atoms with Crippen LogP contribution in [-0.4, -0.2) is 27.6 Å². The predicted octanol–water partition coefficient (Wildman–Crippen LogP) is 9.58. The van der Waals surface area contributed by atoms with E-state index in [1.807, 2.05) is 48.9 Å². The molecule has 57 heavy (non-hydrogen) atoms. The maximum absolute atomic E-state index is 6.68.